The maximum atomic E-state index is 12.0. The lowest BCUT2D eigenvalue weighted by molar-refractivity contribution is -0.129. The summed E-state index contributed by atoms with van der Waals surface area (Å²) >= 11 is 0. The Labute approximate surface area is 116 Å². The van der Waals surface area contributed by atoms with E-state index in [1.165, 1.54) is 0 Å². The lowest BCUT2D eigenvalue weighted by Gasteiger charge is -2.19. The van der Waals surface area contributed by atoms with Crippen LogP contribution in [0.4, 0.5) is 0 Å². The fraction of sp³-hybridized carbons (Fsp3) is 0.857. The highest BCUT2D eigenvalue weighted by atomic mass is 16.2. The highest BCUT2D eigenvalue weighted by molar-refractivity contribution is 5.89. The van der Waals surface area contributed by atoms with Gasteiger partial charge in [0.15, 0.2) is 0 Å². The predicted octanol–water partition coefficient (Wildman–Crippen LogP) is 0.559. The third-order valence-electron chi connectivity index (χ3n) is 3.42. The van der Waals surface area contributed by atoms with Crippen molar-refractivity contribution in [3.05, 3.63) is 0 Å². The second kappa shape index (κ2) is 7.48. The average Bonchev–Trinajstić information content (AvgIpc) is 2.67. The smallest absolute Gasteiger partial charge is 0.225 e. The van der Waals surface area contributed by atoms with E-state index < -0.39 is 0 Å². The molecule has 2 amide bonds. The van der Waals surface area contributed by atoms with E-state index in [1.807, 2.05) is 19.0 Å². The summed E-state index contributed by atoms with van der Waals surface area (Å²) in [4.78, 5) is 27.6. The average molecular weight is 269 g/mol. The first kappa shape index (κ1) is 16.0. The molecule has 5 heteroatoms. The van der Waals surface area contributed by atoms with E-state index in [0.717, 1.165) is 13.0 Å². The topological polar surface area (TPSA) is 52.7 Å². The number of likely N-dealkylation sites (N-methyl/N-ethyl adjacent to an activating group) is 1. The molecule has 0 aromatic carbocycles. The molecule has 0 bridgehead atoms. The quantitative estimate of drug-likeness (QED) is 0.735. The van der Waals surface area contributed by atoms with Crippen molar-refractivity contribution in [3.63, 3.8) is 0 Å². The lowest BCUT2D eigenvalue weighted by Crippen LogP contribution is -2.36. The summed E-state index contributed by atoms with van der Waals surface area (Å²) in [6, 6.07) is 0. The molecule has 0 spiro atoms. The molecule has 0 aliphatic carbocycles. The summed E-state index contributed by atoms with van der Waals surface area (Å²) < 4.78 is 0. The molecule has 110 valence electrons. The van der Waals surface area contributed by atoms with Gasteiger partial charge in [0.25, 0.3) is 0 Å². The second-order valence-electron chi connectivity index (χ2n) is 6.02. The Hall–Kier alpha value is -1.10. The monoisotopic (exact) mass is 269 g/mol. The molecule has 1 heterocycles. The van der Waals surface area contributed by atoms with Crippen molar-refractivity contribution in [1.82, 2.24) is 15.1 Å². The van der Waals surface area contributed by atoms with Crippen molar-refractivity contribution in [2.75, 3.05) is 40.3 Å². The third-order valence-corrected chi connectivity index (χ3v) is 3.42. The number of carbonyl (C=O) groups excluding carboxylic acids is 2. The number of hydrogen-bond acceptors (Lipinski definition) is 3. The highest BCUT2D eigenvalue weighted by Crippen LogP contribution is 2.17. The van der Waals surface area contributed by atoms with Gasteiger partial charge in [-0.2, -0.15) is 0 Å². The molecule has 1 saturated heterocycles. The van der Waals surface area contributed by atoms with Gasteiger partial charge in [-0.15, -0.1) is 0 Å². The summed E-state index contributed by atoms with van der Waals surface area (Å²) in [6.07, 6.45) is 1.34. The molecule has 1 aliphatic rings. The van der Waals surface area contributed by atoms with E-state index in [4.69, 9.17) is 0 Å². The zero-order valence-electron chi connectivity index (χ0n) is 12.6. The van der Waals surface area contributed by atoms with Gasteiger partial charge in [-0.05, 0) is 26.4 Å². The minimum atomic E-state index is -0.165. The zero-order valence-corrected chi connectivity index (χ0v) is 12.6. The molecule has 19 heavy (non-hydrogen) atoms. The minimum absolute atomic E-state index is 0.0290. The number of nitrogens with one attached hydrogen (secondary N) is 1. The molecule has 1 fully saturated rings. The maximum absolute atomic E-state index is 12.0. The largest absolute Gasteiger partial charge is 0.356 e. The molecular formula is C14H27N3O2. The Morgan fingerprint density at radius 1 is 1.47 bits per heavy atom. The number of hydrogen-bond donors (Lipinski definition) is 1. The molecule has 0 radical (unpaired) electrons. The number of nitrogens with zero attached hydrogens (tertiary/aromatic N) is 2. The van der Waals surface area contributed by atoms with E-state index >= 15 is 0 Å². The fourth-order valence-corrected chi connectivity index (χ4v) is 2.11. The molecule has 1 rings (SSSR count). The molecule has 5 nitrogen and oxygen atoms in total. The van der Waals surface area contributed by atoms with Crippen molar-refractivity contribution in [3.8, 4) is 0 Å². The molecular weight excluding hydrogens is 242 g/mol. The van der Waals surface area contributed by atoms with Crippen LogP contribution in [-0.4, -0.2) is 61.9 Å². The fourth-order valence-electron chi connectivity index (χ4n) is 2.11. The van der Waals surface area contributed by atoms with Crippen LogP contribution in [0.2, 0.25) is 0 Å². The van der Waals surface area contributed by atoms with Gasteiger partial charge in [-0.25, -0.2) is 0 Å². The SMILES string of the molecule is CC(C)CCNC(=O)C1CC(=O)N(CCN(C)C)C1. The number of carbonyl (C=O) groups is 2. The van der Waals surface area contributed by atoms with Gasteiger partial charge < -0.3 is 15.1 Å². The van der Waals surface area contributed by atoms with Gasteiger partial charge in [0, 0.05) is 32.6 Å². The Kier molecular flexibility index (Phi) is 6.28. The minimum Gasteiger partial charge on any atom is -0.356 e. The van der Waals surface area contributed by atoms with Gasteiger partial charge in [0.1, 0.15) is 0 Å². The van der Waals surface area contributed by atoms with Gasteiger partial charge in [0.2, 0.25) is 11.8 Å². The summed E-state index contributed by atoms with van der Waals surface area (Å²) in [6.45, 7) is 7.09. The van der Waals surface area contributed by atoms with Crippen LogP contribution >= 0.6 is 0 Å². The van der Waals surface area contributed by atoms with E-state index in [1.54, 1.807) is 4.90 Å². The second-order valence-corrected chi connectivity index (χ2v) is 6.02. The maximum Gasteiger partial charge on any atom is 0.225 e. The van der Waals surface area contributed by atoms with Crippen molar-refractivity contribution in [2.24, 2.45) is 11.8 Å². The van der Waals surface area contributed by atoms with Gasteiger partial charge in [-0.1, -0.05) is 13.8 Å². The standard InChI is InChI=1S/C14H27N3O2/c1-11(2)5-6-15-14(19)12-9-13(18)17(10-12)8-7-16(3)4/h11-12H,5-10H2,1-4H3,(H,15,19). The van der Waals surface area contributed by atoms with E-state index in [2.05, 4.69) is 19.2 Å². The molecule has 1 aliphatic heterocycles. The van der Waals surface area contributed by atoms with Crippen molar-refractivity contribution >= 4 is 11.8 Å². The first-order valence-electron chi connectivity index (χ1n) is 7.10. The predicted molar refractivity (Wildman–Crippen MR) is 75.7 cm³/mol. The van der Waals surface area contributed by atoms with Crippen LogP contribution in [0.1, 0.15) is 26.7 Å². The van der Waals surface area contributed by atoms with Crippen molar-refractivity contribution < 1.29 is 9.59 Å². The van der Waals surface area contributed by atoms with Gasteiger partial charge >= 0.3 is 0 Å². The summed E-state index contributed by atoms with van der Waals surface area (Å²) in [5, 5.41) is 2.93. The first-order valence-corrected chi connectivity index (χ1v) is 7.10. The van der Waals surface area contributed by atoms with Crippen molar-refractivity contribution in [1.29, 1.82) is 0 Å². The Morgan fingerprint density at radius 2 is 2.16 bits per heavy atom. The number of likely N-dealkylation sites (tertiary alicyclic amines) is 1. The van der Waals surface area contributed by atoms with Crippen LogP contribution in [0.5, 0.6) is 0 Å². The zero-order chi connectivity index (χ0) is 14.4. The molecule has 1 atom stereocenters. The Bertz CT molecular complexity index is 316. The lowest BCUT2D eigenvalue weighted by atomic mass is 10.1. The molecule has 1 N–H and O–H groups in total. The van der Waals surface area contributed by atoms with Gasteiger partial charge in [0.05, 0.1) is 5.92 Å². The van der Waals surface area contributed by atoms with Crippen LogP contribution in [0, 0.1) is 11.8 Å². The number of rotatable bonds is 7. The third kappa shape index (κ3) is 5.59. The Morgan fingerprint density at radius 3 is 2.74 bits per heavy atom. The van der Waals surface area contributed by atoms with Crippen LogP contribution < -0.4 is 5.32 Å². The normalized spacial score (nSPS) is 19.6. The van der Waals surface area contributed by atoms with E-state index in [9.17, 15) is 9.59 Å². The molecule has 0 saturated carbocycles. The van der Waals surface area contributed by atoms with Crippen LogP contribution in [0.3, 0.4) is 0 Å². The van der Waals surface area contributed by atoms with Crippen LogP contribution in [0.15, 0.2) is 0 Å². The summed E-state index contributed by atoms with van der Waals surface area (Å²) in [5.41, 5.74) is 0. The highest BCUT2D eigenvalue weighted by Gasteiger charge is 2.33. The van der Waals surface area contributed by atoms with E-state index in [0.29, 0.717) is 32.0 Å². The molecule has 0 aromatic heterocycles. The van der Waals surface area contributed by atoms with E-state index in [-0.39, 0.29) is 17.7 Å². The molecule has 1 unspecified atom stereocenters. The van der Waals surface area contributed by atoms with Crippen molar-refractivity contribution in [2.45, 2.75) is 26.7 Å². The summed E-state index contributed by atoms with van der Waals surface area (Å²) in [5.74, 6) is 0.552. The van der Waals surface area contributed by atoms with Crippen LogP contribution in [-0.2, 0) is 9.59 Å². The summed E-state index contributed by atoms with van der Waals surface area (Å²) in [7, 11) is 3.97. The number of amides is 2. The first-order chi connectivity index (χ1) is 8.90. The Balaban J connectivity index is 2.32. The molecule has 0 aromatic rings. The van der Waals surface area contributed by atoms with Crippen LogP contribution in [0.25, 0.3) is 0 Å². The van der Waals surface area contributed by atoms with Gasteiger partial charge in [-0.3, -0.25) is 9.59 Å².